The van der Waals surface area contributed by atoms with Gasteiger partial charge in [-0.1, -0.05) is 30.7 Å². The Morgan fingerprint density at radius 2 is 2.14 bits per heavy atom. The highest BCUT2D eigenvalue weighted by Gasteiger charge is 2.34. The molecule has 1 aromatic rings. The Morgan fingerprint density at radius 3 is 2.81 bits per heavy atom. The van der Waals surface area contributed by atoms with Crippen LogP contribution in [0.15, 0.2) is 24.3 Å². The molecule has 0 saturated carbocycles. The van der Waals surface area contributed by atoms with Crippen LogP contribution in [0.2, 0.25) is 5.02 Å². The van der Waals surface area contributed by atoms with Gasteiger partial charge in [0.15, 0.2) is 0 Å². The number of hydrogen-bond acceptors (Lipinski definition) is 3. The molecule has 0 aliphatic carbocycles. The van der Waals surface area contributed by atoms with Gasteiger partial charge in [0.25, 0.3) is 0 Å². The van der Waals surface area contributed by atoms with Gasteiger partial charge in [0, 0.05) is 23.7 Å². The van der Waals surface area contributed by atoms with E-state index >= 15 is 0 Å². The molecule has 0 bridgehead atoms. The molecule has 0 amide bonds. The molecule has 0 aromatic heterocycles. The Bertz CT molecular complexity index is 451. The number of likely N-dealkylation sites (tertiary alicyclic amines) is 1. The zero-order valence-corrected chi connectivity index (χ0v) is 14.1. The summed E-state index contributed by atoms with van der Waals surface area (Å²) in [5.74, 6) is 0. The Hall–Kier alpha value is -0.610. The number of likely N-dealkylation sites (N-methyl/N-ethyl adjacent to an activating group) is 1. The van der Waals surface area contributed by atoms with E-state index in [0.717, 1.165) is 37.6 Å². The van der Waals surface area contributed by atoms with E-state index in [1.165, 1.54) is 24.9 Å². The van der Waals surface area contributed by atoms with Crippen molar-refractivity contribution in [3.8, 4) is 0 Å². The molecule has 1 heterocycles. The van der Waals surface area contributed by atoms with Gasteiger partial charge in [0.2, 0.25) is 0 Å². The minimum Gasteiger partial charge on any atom is -0.329 e. The van der Waals surface area contributed by atoms with E-state index < -0.39 is 0 Å². The third-order valence-electron chi connectivity index (χ3n) is 4.96. The second-order valence-electron chi connectivity index (χ2n) is 6.20. The van der Waals surface area contributed by atoms with E-state index in [4.69, 9.17) is 17.3 Å². The van der Waals surface area contributed by atoms with Gasteiger partial charge in [-0.15, -0.1) is 0 Å². The molecule has 1 unspecified atom stereocenters. The Balaban J connectivity index is 2.08. The predicted octanol–water partition coefficient (Wildman–Crippen LogP) is 2.98. The van der Waals surface area contributed by atoms with Crippen LogP contribution in [0.1, 0.15) is 31.7 Å². The summed E-state index contributed by atoms with van der Waals surface area (Å²) >= 11 is 6.10. The summed E-state index contributed by atoms with van der Waals surface area (Å²) in [6, 6.07) is 8.14. The van der Waals surface area contributed by atoms with Crippen LogP contribution in [-0.2, 0) is 6.54 Å². The van der Waals surface area contributed by atoms with Crippen LogP contribution >= 0.6 is 11.6 Å². The molecular weight excluding hydrogens is 282 g/mol. The third-order valence-corrected chi connectivity index (χ3v) is 5.19. The molecule has 1 atom stereocenters. The zero-order valence-electron chi connectivity index (χ0n) is 13.3. The monoisotopic (exact) mass is 309 g/mol. The van der Waals surface area contributed by atoms with Crippen LogP contribution < -0.4 is 5.73 Å². The van der Waals surface area contributed by atoms with Crippen LogP contribution in [-0.4, -0.2) is 48.6 Å². The first-order chi connectivity index (χ1) is 10.1. The molecule has 3 nitrogen and oxygen atoms in total. The molecular formula is C17H28ClN3. The number of nitrogens with two attached hydrogens (primary N) is 1. The van der Waals surface area contributed by atoms with Crippen molar-refractivity contribution in [3.63, 3.8) is 0 Å². The number of halogens is 1. The van der Waals surface area contributed by atoms with Crippen LogP contribution in [0.25, 0.3) is 0 Å². The van der Waals surface area contributed by atoms with Crippen molar-refractivity contribution in [1.29, 1.82) is 0 Å². The molecule has 4 heteroatoms. The summed E-state index contributed by atoms with van der Waals surface area (Å²) in [5.41, 5.74) is 7.57. The molecule has 1 saturated heterocycles. The van der Waals surface area contributed by atoms with Crippen LogP contribution in [0.4, 0.5) is 0 Å². The van der Waals surface area contributed by atoms with E-state index in [0.29, 0.717) is 0 Å². The van der Waals surface area contributed by atoms with E-state index in [-0.39, 0.29) is 5.54 Å². The average Bonchev–Trinajstić information content (AvgIpc) is 2.70. The van der Waals surface area contributed by atoms with Crippen molar-refractivity contribution in [3.05, 3.63) is 34.9 Å². The molecule has 21 heavy (non-hydrogen) atoms. The van der Waals surface area contributed by atoms with Gasteiger partial charge in [-0.2, -0.15) is 0 Å². The van der Waals surface area contributed by atoms with E-state index in [9.17, 15) is 0 Å². The standard InChI is InChI=1S/C17H28ClN3/c1-3-21-10-5-8-17(14-19,9-11-21)20(2)13-15-6-4-7-16(18)12-15/h4,6-7,12H,3,5,8-11,13-14,19H2,1-2H3. The van der Waals surface area contributed by atoms with Crippen molar-refractivity contribution >= 4 is 11.6 Å². The summed E-state index contributed by atoms with van der Waals surface area (Å²) in [5, 5.41) is 0.806. The molecule has 1 fully saturated rings. The first kappa shape index (κ1) is 16.8. The lowest BCUT2D eigenvalue weighted by Crippen LogP contribution is -2.52. The SMILES string of the molecule is CCN1CCCC(CN)(N(C)Cc2cccc(Cl)c2)CC1. The lowest BCUT2D eigenvalue weighted by molar-refractivity contribution is 0.0994. The van der Waals surface area contributed by atoms with E-state index in [2.05, 4.69) is 35.9 Å². The molecule has 2 N–H and O–H groups in total. The molecule has 1 aliphatic rings. The average molecular weight is 310 g/mol. The van der Waals surface area contributed by atoms with Gasteiger partial charge in [0.1, 0.15) is 0 Å². The minimum absolute atomic E-state index is 0.117. The highest BCUT2D eigenvalue weighted by atomic mass is 35.5. The quantitative estimate of drug-likeness (QED) is 0.907. The number of hydrogen-bond donors (Lipinski definition) is 1. The largest absolute Gasteiger partial charge is 0.329 e. The lowest BCUT2D eigenvalue weighted by atomic mass is 9.88. The van der Waals surface area contributed by atoms with E-state index in [1.54, 1.807) is 0 Å². The summed E-state index contributed by atoms with van der Waals surface area (Å²) in [7, 11) is 2.20. The fourth-order valence-corrected chi connectivity index (χ4v) is 3.58. The maximum atomic E-state index is 6.19. The first-order valence-corrected chi connectivity index (χ1v) is 8.35. The van der Waals surface area contributed by atoms with Crippen molar-refractivity contribution in [2.24, 2.45) is 5.73 Å². The maximum Gasteiger partial charge on any atom is 0.0409 e. The van der Waals surface area contributed by atoms with E-state index in [1.807, 2.05) is 12.1 Å². The fraction of sp³-hybridized carbons (Fsp3) is 0.647. The van der Waals surface area contributed by atoms with Gasteiger partial charge >= 0.3 is 0 Å². The predicted molar refractivity (Wildman–Crippen MR) is 90.7 cm³/mol. The Labute approximate surface area is 134 Å². The minimum atomic E-state index is 0.117. The second kappa shape index (κ2) is 7.59. The summed E-state index contributed by atoms with van der Waals surface area (Å²) in [6.07, 6.45) is 3.55. The van der Waals surface area contributed by atoms with Crippen molar-refractivity contribution in [2.75, 3.05) is 33.2 Å². The van der Waals surface area contributed by atoms with Crippen molar-refractivity contribution in [1.82, 2.24) is 9.80 Å². The molecule has 0 spiro atoms. The number of benzene rings is 1. The molecule has 1 aliphatic heterocycles. The topological polar surface area (TPSA) is 32.5 Å². The smallest absolute Gasteiger partial charge is 0.0409 e. The summed E-state index contributed by atoms with van der Waals surface area (Å²) in [6.45, 7) is 7.35. The van der Waals surface area contributed by atoms with Crippen molar-refractivity contribution in [2.45, 2.75) is 38.3 Å². The summed E-state index contributed by atoms with van der Waals surface area (Å²) in [4.78, 5) is 4.97. The third kappa shape index (κ3) is 4.19. The Morgan fingerprint density at radius 1 is 1.33 bits per heavy atom. The van der Waals surface area contributed by atoms with Crippen molar-refractivity contribution < 1.29 is 0 Å². The zero-order chi connectivity index (χ0) is 15.3. The van der Waals surface area contributed by atoms with Gasteiger partial charge < -0.3 is 10.6 Å². The highest BCUT2D eigenvalue weighted by Crippen LogP contribution is 2.29. The molecule has 1 aromatic carbocycles. The summed E-state index contributed by atoms with van der Waals surface area (Å²) < 4.78 is 0. The first-order valence-electron chi connectivity index (χ1n) is 7.98. The maximum absolute atomic E-state index is 6.19. The van der Waals surface area contributed by atoms with Crippen LogP contribution in [0, 0.1) is 0 Å². The van der Waals surface area contributed by atoms with Gasteiger partial charge in [0.05, 0.1) is 0 Å². The van der Waals surface area contributed by atoms with Crippen LogP contribution in [0.5, 0.6) is 0 Å². The van der Waals surface area contributed by atoms with Gasteiger partial charge in [-0.25, -0.2) is 0 Å². The normalized spacial score (nSPS) is 24.2. The Kier molecular flexibility index (Phi) is 6.06. The van der Waals surface area contributed by atoms with Crippen LogP contribution in [0.3, 0.4) is 0 Å². The lowest BCUT2D eigenvalue weighted by Gasteiger charge is -2.41. The highest BCUT2D eigenvalue weighted by molar-refractivity contribution is 6.30. The molecule has 2 rings (SSSR count). The van der Waals surface area contributed by atoms with Gasteiger partial charge in [-0.3, -0.25) is 4.90 Å². The molecule has 118 valence electrons. The fourth-order valence-electron chi connectivity index (χ4n) is 3.37. The second-order valence-corrected chi connectivity index (χ2v) is 6.64. The molecule has 0 radical (unpaired) electrons. The number of rotatable bonds is 5. The van der Waals surface area contributed by atoms with Gasteiger partial charge in [-0.05, 0) is 63.6 Å². The number of nitrogens with zero attached hydrogens (tertiary/aromatic N) is 2.